The lowest BCUT2D eigenvalue weighted by Gasteiger charge is -2.28. The molecule has 0 spiro atoms. The number of non-ortho nitro benzene ring substituents is 1. The van der Waals surface area contributed by atoms with Crippen molar-refractivity contribution in [3.05, 3.63) is 33.9 Å². The van der Waals surface area contributed by atoms with Crippen LogP contribution in [0.2, 0.25) is 0 Å². The zero-order chi connectivity index (χ0) is 18.8. The molecule has 2 amide bonds. The molecule has 2 rings (SSSR count). The smallest absolute Gasteiger partial charge is 0.410 e. The fourth-order valence-corrected chi connectivity index (χ4v) is 2.65. The molecule has 1 aliphatic heterocycles. The molecule has 1 saturated heterocycles. The number of nitro benzene ring substituents is 1. The van der Waals surface area contributed by atoms with Gasteiger partial charge in [-0.3, -0.25) is 19.8 Å². The van der Waals surface area contributed by atoms with Crippen molar-refractivity contribution in [3.8, 4) is 0 Å². The molecular formula is C17H23N3O5. The van der Waals surface area contributed by atoms with Crippen molar-refractivity contribution in [3.63, 3.8) is 0 Å². The number of hydrogen-bond acceptors (Lipinski definition) is 5. The highest BCUT2D eigenvalue weighted by Gasteiger charge is 2.36. The van der Waals surface area contributed by atoms with Crippen LogP contribution in [0.3, 0.4) is 0 Å². The normalized spacial score (nSPS) is 17.3. The SMILES string of the molecule is Cc1ccc([N+](=O)[O-])cc1NC(=O)[C@H]1CCCN1C(=O)OC(C)(C)C. The molecule has 0 aliphatic carbocycles. The Bertz CT molecular complexity index is 696. The Hall–Kier alpha value is -2.64. The van der Waals surface area contributed by atoms with Gasteiger partial charge < -0.3 is 10.1 Å². The summed E-state index contributed by atoms with van der Waals surface area (Å²) in [5, 5.41) is 13.6. The number of likely N-dealkylation sites (tertiary alicyclic amines) is 1. The second kappa shape index (κ2) is 7.08. The lowest BCUT2D eigenvalue weighted by atomic mass is 10.1. The van der Waals surface area contributed by atoms with Crippen LogP contribution < -0.4 is 5.32 Å². The number of carbonyl (C=O) groups is 2. The predicted molar refractivity (Wildman–Crippen MR) is 92.4 cm³/mol. The second-order valence-electron chi connectivity index (χ2n) is 7.08. The van der Waals surface area contributed by atoms with E-state index in [-0.39, 0.29) is 11.6 Å². The number of nitro groups is 1. The molecule has 8 nitrogen and oxygen atoms in total. The van der Waals surface area contributed by atoms with Crippen molar-refractivity contribution in [1.29, 1.82) is 0 Å². The minimum absolute atomic E-state index is 0.101. The van der Waals surface area contributed by atoms with E-state index in [1.807, 2.05) is 0 Å². The van der Waals surface area contributed by atoms with Gasteiger partial charge in [0.1, 0.15) is 11.6 Å². The number of ether oxygens (including phenoxy) is 1. The summed E-state index contributed by atoms with van der Waals surface area (Å²) < 4.78 is 5.34. The first-order chi connectivity index (χ1) is 11.6. The third-order valence-corrected chi connectivity index (χ3v) is 3.87. The Morgan fingerprint density at radius 3 is 2.64 bits per heavy atom. The predicted octanol–water partition coefficient (Wildman–Crippen LogP) is 3.24. The van der Waals surface area contributed by atoms with Crippen LogP contribution in [0.1, 0.15) is 39.2 Å². The standard InChI is InChI=1S/C17H23N3O5/c1-11-7-8-12(20(23)24)10-13(11)18-15(21)14-6-5-9-19(14)16(22)25-17(2,3)4/h7-8,10,14H,5-6,9H2,1-4H3,(H,18,21)/t14-/m1/s1. The lowest BCUT2D eigenvalue weighted by molar-refractivity contribution is -0.384. The van der Waals surface area contributed by atoms with Crippen molar-refractivity contribution in [1.82, 2.24) is 4.90 Å². The van der Waals surface area contributed by atoms with Gasteiger partial charge >= 0.3 is 6.09 Å². The van der Waals surface area contributed by atoms with Gasteiger partial charge in [-0.15, -0.1) is 0 Å². The van der Waals surface area contributed by atoms with Crippen molar-refractivity contribution < 1.29 is 19.2 Å². The summed E-state index contributed by atoms with van der Waals surface area (Å²) in [6.45, 7) is 7.49. The van der Waals surface area contributed by atoms with Gasteiger partial charge in [0.2, 0.25) is 5.91 Å². The zero-order valence-electron chi connectivity index (χ0n) is 14.9. The summed E-state index contributed by atoms with van der Waals surface area (Å²) in [5.41, 5.74) is 0.337. The topological polar surface area (TPSA) is 102 Å². The molecule has 1 fully saturated rings. The van der Waals surface area contributed by atoms with E-state index in [4.69, 9.17) is 4.74 Å². The highest BCUT2D eigenvalue weighted by atomic mass is 16.6. The minimum Gasteiger partial charge on any atom is -0.444 e. The summed E-state index contributed by atoms with van der Waals surface area (Å²) in [5.74, 6) is -0.369. The molecule has 1 N–H and O–H groups in total. The summed E-state index contributed by atoms with van der Waals surface area (Å²) in [4.78, 5) is 36.7. The van der Waals surface area contributed by atoms with Gasteiger partial charge in [0, 0.05) is 18.7 Å². The zero-order valence-corrected chi connectivity index (χ0v) is 14.9. The summed E-state index contributed by atoms with van der Waals surface area (Å²) in [6, 6.07) is 3.63. The molecule has 0 bridgehead atoms. The van der Waals surface area contributed by atoms with Crippen LogP contribution in [0.4, 0.5) is 16.2 Å². The van der Waals surface area contributed by atoms with E-state index >= 15 is 0 Å². The lowest BCUT2D eigenvalue weighted by Crippen LogP contribution is -2.45. The molecule has 0 unspecified atom stereocenters. The highest BCUT2D eigenvalue weighted by molar-refractivity contribution is 5.97. The molecule has 1 aliphatic rings. The van der Waals surface area contributed by atoms with Crippen LogP contribution in [0.25, 0.3) is 0 Å². The number of hydrogen-bond donors (Lipinski definition) is 1. The number of nitrogens with zero attached hydrogens (tertiary/aromatic N) is 2. The first kappa shape index (κ1) is 18.7. The number of aryl methyl sites for hydroxylation is 1. The van der Waals surface area contributed by atoms with E-state index < -0.39 is 22.7 Å². The summed E-state index contributed by atoms with van der Waals surface area (Å²) in [7, 11) is 0. The van der Waals surface area contributed by atoms with E-state index in [2.05, 4.69) is 5.32 Å². The van der Waals surface area contributed by atoms with Crippen LogP contribution in [-0.2, 0) is 9.53 Å². The molecule has 0 saturated carbocycles. The maximum Gasteiger partial charge on any atom is 0.410 e. The average Bonchev–Trinajstić information content (AvgIpc) is 2.97. The maximum atomic E-state index is 12.6. The van der Waals surface area contributed by atoms with Gasteiger partial charge in [-0.25, -0.2) is 4.79 Å². The Labute approximate surface area is 146 Å². The molecule has 1 atom stereocenters. The average molecular weight is 349 g/mol. The van der Waals surface area contributed by atoms with Gasteiger partial charge in [-0.2, -0.15) is 0 Å². The molecule has 25 heavy (non-hydrogen) atoms. The quantitative estimate of drug-likeness (QED) is 0.667. The number of nitrogens with one attached hydrogen (secondary N) is 1. The molecule has 1 aromatic rings. The van der Waals surface area contributed by atoms with Crippen LogP contribution in [0.15, 0.2) is 18.2 Å². The van der Waals surface area contributed by atoms with Gasteiger partial charge in [0.25, 0.3) is 5.69 Å². The third kappa shape index (κ3) is 4.68. The Morgan fingerprint density at radius 1 is 1.36 bits per heavy atom. The molecule has 1 heterocycles. The maximum absolute atomic E-state index is 12.6. The largest absolute Gasteiger partial charge is 0.444 e. The van der Waals surface area contributed by atoms with Crippen LogP contribution in [0, 0.1) is 17.0 Å². The molecule has 8 heteroatoms. The monoisotopic (exact) mass is 349 g/mol. The van der Waals surface area contributed by atoms with Crippen molar-refractivity contribution in [2.75, 3.05) is 11.9 Å². The van der Waals surface area contributed by atoms with E-state index in [1.165, 1.54) is 17.0 Å². The Balaban J connectivity index is 2.13. The second-order valence-corrected chi connectivity index (χ2v) is 7.08. The number of rotatable bonds is 3. The first-order valence-corrected chi connectivity index (χ1v) is 8.14. The molecule has 136 valence electrons. The molecule has 0 radical (unpaired) electrons. The number of anilines is 1. The van der Waals surface area contributed by atoms with Crippen molar-refractivity contribution in [2.45, 2.75) is 52.2 Å². The van der Waals surface area contributed by atoms with Crippen LogP contribution in [0.5, 0.6) is 0 Å². The fraction of sp³-hybridized carbons (Fsp3) is 0.529. The molecule has 1 aromatic carbocycles. The molecule has 0 aromatic heterocycles. The van der Waals surface area contributed by atoms with E-state index in [9.17, 15) is 19.7 Å². The van der Waals surface area contributed by atoms with E-state index in [0.717, 1.165) is 0 Å². The van der Waals surface area contributed by atoms with Crippen LogP contribution >= 0.6 is 0 Å². The number of benzene rings is 1. The number of carbonyl (C=O) groups excluding carboxylic acids is 2. The van der Waals surface area contributed by atoms with E-state index in [0.29, 0.717) is 30.6 Å². The van der Waals surface area contributed by atoms with Gasteiger partial charge in [-0.05, 0) is 46.1 Å². The van der Waals surface area contributed by atoms with Gasteiger partial charge in [0.05, 0.1) is 10.6 Å². The third-order valence-electron chi connectivity index (χ3n) is 3.87. The van der Waals surface area contributed by atoms with Crippen molar-refractivity contribution >= 4 is 23.4 Å². The molecular weight excluding hydrogens is 326 g/mol. The first-order valence-electron chi connectivity index (χ1n) is 8.14. The van der Waals surface area contributed by atoms with Gasteiger partial charge in [0.15, 0.2) is 0 Å². The summed E-state index contributed by atoms with van der Waals surface area (Å²) in [6.07, 6.45) is 0.700. The summed E-state index contributed by atoms with van der Waals surface area (Å²) >= 11 is 0. The van der Waals surface area contributed by atoms with E-state index in [1.54, 1.807) is 33.8 Å². The minimum atomic E-state index is -0.645. The Morgan fingerprint density at radius 2 is 2.04 bits per heavy atom. The van der Waals surface area contributed by atoms with Crippen LogP contribution in [-0.4, -0.2) is 40.0 Å². The number of amides is 2. The Kier molecular flexibility index (Phi) is 5.30. The highest BCUT2D eigenvalue weighted by Crippen LogP contribution is 2.25. The van der Waals surface area contributed by atoms with Crippen molar-refractivity contribution in [2.24, 2.45) is 0 Å². The van der Waals surface area contributed by atoms with Gasteiger partial charge in [-0.1, -0.05) is 6.07 Å². The fourth-order valence-electron chi connectivity index (χ4n) is 2.65.